The van der Waals surface area contributed by atoms with E-state index < -0.39 is 0 Å². The fourth-order valence-electron chi connectivity index (χ4n) is 1.63. The molecule has 0 spiro atoms. The summed E-state index contributed by atoms with van der Waals surface area (Å²) in [5.41, 5.74) is 1.63. The minimum absolute atomic E-state index is 0.175. The second-order valence-electron chi connectivity index (χ2n) is 4.14. The molecule has 0 radical (unpaired) electrons. The minimum atomic E-state index is -0.343. The Labute approximate surface area is 119 Å². The van der Waals surface area contributed by atoms with E-state index in [9.17, 15) is 9.18 Å². The molecule has 1 amide bonds. The number of amides is 1. The van der Waals surface area contributed by atoms with E-state index in [0.29, 0.717) is 10.3 Å². The number of anilines is 1. The Morgan fingerprint density at radius 2 is 2.21 bits per heavy atom. The molecule has 0 saturated heterocycles. The molecule has 0 atom stereocenters. The quantitative estimate of drug-likeness (QED) is 0.940. The summed E-state index contributed by atoms with van der Waals surface area (Å²) in [4.78, 5) is 16.0. The van der Waals surface area contributed by atoms with Gasteiger partial charge in [-0.2, -0.15) is 0 Å². The van der Waals surface area contributed by atoms with Gasteiger partial charge in [-0.25, -0.2) is 9.37 Å². The van der Waals surface area contributed by atoms with E-state index in [1.165, 1.54) is 6.07 Å². The Bertz CT molecular complexity index is 616. The molecule has 0 saturated carbocycles. The summed E-state index contributed by atoms with van der Waals surface area (Å²) in [6.07, 6.45) is 1.80. The zero-order chi connectivity index (χ0) is 13.8. The number of aryl methyl sites for hydroxylation is 1. The van der Waals surface area contributed by atoms with Crippen molar-refractivity contribution in [1.29, 1.82) is 0 Å². The molecule has 0 bridgehead atoms. The van der Waals surface area contributed by atoms with Crippen LogP contribution in [0.15, 0.2) is 41.0 Å². The third-order valence-electron chi connectivity index (χ3n) is 2.62. The maximum absolute atomic E-state index is 13.1. The number of rotatable bonds is 3. The molecule has 0 aliphatic carbocycles. The van der Waals surface area contributed by atoms with E-state index in [1.54, 1.807) is 18.3 Å². The van der Waals surface area contributed by atoms with Crippen molar-refractivity contribution in [3.05, 3.63) is 57.9 Å². The monoisotopic (exact) mass is 322 g/mol. The number of hydrogen-bond acceptors (Lipinski definition) is 2. The molecule has 2 aromatic rings. The van der Waals surface area contributed by atoms with Gasteiger partial charge in [0.15, 0.2) is 0 Å². The number of aromatic nitrogens is 1. The Balaban J connectivity index is 2.05. The number of hydrogen-bond donors (Lipinski definition) is 1. The third kappa shape index (κ3) is 3.61. The van der Waals surface area contributed by atoms with Crippen LogP contribution in [0.5, 0.6) is 0 Å². The van der Waals surface area contributed by atoms with Crippen molar-refractivity contribution < 1.29 is 9.18 Å². The summed E-state index contributed by atoms with van der Waals surface area (Å²) in [7, 11) is 0. The molecule has 19 heavy (non-hydrogen) atoms. The number of nitrogens with zero attached hydrogens (tertiary/aromatic N) is 1. The fourth-order valence-corrected chi connectivity index (χ4v) is 2.05. The first kappa shape index (κ1) is 13.7. The molecule has 1 aromatic heterocycles. The predicted octanol–water partition coefficient (Wildman–Crippen LogP) is 3.47. The molecule has 0 aliphatic heterocycles. The zero-order valence-electron chi connectivity index (χ0n) is 10.3. The second kappa shape index (κ2) is 5.93. The van der Waals surface area contributed by atoms with Gasteiger partial charge in [-0.3, -0.25) is 4.79 Å². The molecule has 1 aromatic carbocycles. The normalized spacial score (nSPS) is 10.3. The molecule has 1 heterocycles. The van der Waals surface area contributed by atoms with Gasteiger partial charge < -0.3 is 5.32 Å². The van der Waals surface area contributed by atoms with Gasteiger partial charge in [-0.1, -0.05) is 12.1 Å². The smallest absolute Gasteiger partial charge is 0.229 e. The number of carbonyl (C=O) groups is 1. The lowest BCUT2D eigenvalue weighted by molar-refractivity contribution is -0.115. The topological polar surface area (TPSA) is 42.0 Å². The van der Waals surface area contributed by atoms with Crippen LogP contribution in [0, 0.1) is 12.7 Å². The predicted molar refractivity (Wildman–Crippen MR) is 75.4 cm³/mol. The van der Waals surface area contributed by atoms with E-state index in [0.717, 1.165) is 11.1 Å². The lowest BCUT2D eigenvalue weighted by Crippen LogP contribution is -2.16. The van der Waals surface area contributed by atoms with E-state index in [2.05, 4.69) is 26.2 Å². The molecule has 98 valence electrons. The van der Waals surface area contributed by atoms with Gasteiger partial charge in [0.25, 0.3) is 0 Å². The molecule has 0 unspecified atom stereocenters. The molecular formula is C14H12BrFN2O. The van der Waals surface area contributed by atoms with Crippen LogP contribution in [-0.4, -0.2) is 10.9 Å². The third-order valence-corrected chi connectivity index (χ3v) is 3.22. The van der Waals surface area contributed by atoms with Crippen molar-refractivity contribution in [3.63, 3.8) is 0 Å². The highest BCUT2D eigenvalue weighted by molar-refractivity contribution is 9.10. The molecule has 0 aliphatic rings. The molecule has 5 heteroatoms. The van der Waals surface area contributed by atoms with Gasteiger partial charge >= 0.3 is 0 Å². The van der Waals surface area contributed by atoms with Gasteiger partial charge in [0.1, 0.15) is 11.6 Å². The fraction of sp³-hybridized carbons (Fsp3) is 0.143. The summed E-state index contributed by atoms with van der Waals surface area (Å²) in [5.74, 6) is 0.0266. The van der Waals surface area contributed by atoms with Gasteiger partial charge in [0.05, 0.1) is 10.9 Å². The number of pyridine rings is 1. The van der Waals surface area contributed by atoms with Crippen LogP contribution < -0.4 is 5.32 Å². The van der Waals surface area contributed by atoms with Crippen molar-refractivity contribution in [1.82, 2.24) is 4.98 Å². The molecule has 1 N–H and O–H groups in total. The second-order valence-corrected chi connectivity index (χ2v) is 5.00. The lowest BCUT2D eigenvalue weighted by Gasteiger charge is -2.07. The Hall–Kier alpha value is -1.75. The van der Waals surface area contributed by atoms with E-state index in [1.807, 2.05) is 19.1 Å². The van der Waals surface area contributed by atoms with E-state index in [4.69, 9.17) is 0 Å². The maximum atomic E-state index is 13.1. The SMILES string of the molecule is Cc1cccnc1NC(=O)Cc1ccc(F)c(Br)c1. The van der Waals surface area contributed by atoms with Crippen molar-refractivity contribution in [2.75, 3.05) is 5.32 Å². The van der Waals surface area contributed by atoms with Crippen LogP contribution in [0.3, 0.4) is 0 Å². The summed E-state index contributed by atoms with van der Waals surface area (Å²) < 4.78 is 13.4. The number of halogens is 2. The zero-order valence-corrected chi connectivity index (χ0v) is 11.9. The van der Waals surface area contributed by atoms with Crippen molar-refractivity contribution in [3.8, 4) is 0 Å². The van der Waals surface area contributed by atoms with Crippen LogP contribution in [0.1, 0.15) is 11.1 Å². The average Bonchev–Trinajstić information content (AvgIpc) is 2.37. The highest BCUT2D eigenvalue weighted by atomic mass is 79.9. The van der Waals surface area contributed by atoms with Gasteiger partial charge in [0, 0.05) is 6.20 Å². The van der Waals surface area contributed by atoms with Crippen LogP contribution in [-0.2, 0) is 11.2 Å². The van der Waals surface area contributed by atoms with Crippen molar-refractivity contribution >= 4 is 27.7 Å². The lowest BCUT2D eigenvalue weighted by atomic mass is 10.1. The summed E-state index contributed by atoms with van der Waals surface area (Å²) >= 11 is 3.10. The van der Waals surface area contributed by atoms with E-state index >= 15 is 0 Å². The molecule has 2 rings (SSSR count). The highest BCUT2D eigenvalue weighted by Gasteiger charge is 2.08. The first-order valence-electron chi connectivity index (χ1n) is 5.71. The summed E-state index contributed by atoms with van der Waals surface area (Å²) in [6, 6.07) is 8.20. The average molecular weight is 323 g/mol. The first-order valence-corrected chi connectivity index (χ1v) is 6.51. The number of nitrogens with one attached hydrogen (secondary N) is 1. The van der Waals surface area contributed by atoms with Crippen LogP contribution >= 0.6 is 15.9 Å². The standard InChI is InChI=1S/C14H12BrFN2O/c1-9-3-2-6-17-14(9)18-13(19)8-10-4-5-12(16)11(15)7-10/h2-7H,8H2,1H3,(H,17,18,19). The minimum Gasteiger partial charge on any atom is -0.310 e. The van der Waals surface area contributed by atoms with Crippen molar-refractivity contribution in [2.45, 2.75) is 13.3 Å². The Morgan fingerprint density at radius 1 is 1.42 bits per heavy atom. The molecular weight excluding hydrogens is 311 g/mol. The van der Waals surface area contributed by atoms with E-state index in [-0.39, 0.29) is 18.1 Å². The van der Waals surface area contributed by atoms with Gasteiger partial charge in [-0.05, 0) is 52.2 Å². The van der Waals surface area contributed by atoms with Crippen LogP contribution in [0.25, 0.3) is 0 Å². The summed E-state index contributed by atoms with van der Waals surface area (Å²) in [5, 5.41) is 2.73. The Kier molecular flexibility index (Phi) is 4.27. The highest BCUT2D eigenvalue weighted by Crippen LogP contribution is 2.17. The molecule has 0 fully saturated rings. The van der Waals surface area contributed by atoms with Crippen LogP contribution in [0.2, 0.25) is 0 Å². The maximum Gasteiger partial charge on any atom is 0.229 e. The largest absolute Gasteiger partial charge is 0.310 e. The van der Waals surface area contributed by atoms with Gasteiger partial charge in [0.2, 0.25) is 5.91 Å². The molecule has 3 nitrogen and oxygen atoms in total. The number of carbonyl (C=O) groups excluding carboxylic acids is 1. The summed E-state index contributed by atoms with van der Waals surface area (Å²) in [6.45, 7) is 1.87. The van der Waals surface area contributed by atoms with Gasteiger partial charge in [-0.15, -0.1) is 0 Å². The number of benzene rings is 1. The Morgan fingerprint density at radius 3 is 2.89 bits per heavy atom. The first-order chi connectivity index (χ1) is 9.06. The van der Waals surface area contributed by atoms with Crippen LogP contribution in [0.4, 0.5) is 10.2 Å². The van der Waals surface area contributed by atoms with Crippen molar-refractivity contribution in [2.24, 2.45) is 0 Å².